The molecular weight excluding hydrogens is 356 g/mol. The molecule has 8 nitrogen and oxygen atoms in total. The first kappa shape index (κ1) is 17.7. The van der Waals surface area contributed by atoms with Crippen LogP contribution in [0.15, 0.2) is 47.4 Å². The van der Waals surface area contributed by atoms with Gasteiger partial charge in [0, 0.05) is 16.6 Å². The fourth-order valence-corrected chi connectivity index (χ4v) is 3.26. The maximum absolute atomic E-state index is 12.4. The summed E-state index contributed by atoms with van der Waals surface area (Å²) in [6.45, 7) is 1.65. The van der Waals surface area contributed by atoms with Crippen LogP contribution in [0.4, 0.5) is 22.7 Å². The molecule has 0 saturated heterocycles. The van der Waals surface area contributed by atoms with Gasteiger partial charge in [-0.05, 0) is 31.2 Å². The highest BCUT2D eigenvalue weighted by Gasteiger charge is 2.20. The number of anilines is 3. The van der Waals surface area contributed by atoms with Gasteiger partial charge in [-0.3, -0.25) is 19.7 Å². The SMILES string of the molecule is C[C@H](Nc1ccc2c(c1)NC(=O)CS2)C(=O)Nc1ccccc1[N+](=O)[O-]. The minimum Gasteiger partial charge on any atom is -0.374 e. The van der Waals surface area contributed by atoms with E-state index in [0.29, 0.717) is 17.1 Å². The molecule has 3 N–H and O–H groups in total. The Morgan fingerprint density at radius 3 is 2.85 bits per heavy atom. The predicted molar refractivity (Wildman–Crippen MR) is 101 cm³/mol. The van der Waals surface area contributed by atoms with Gasteiger partial charge in [-0.1, -0.05) is 12.1 Å². The van der Waals surface area contributed by atoms with Crippen molar-refractivity contribution in [2.75, 3.05) is 21.7 Å². The average molecular weight is 372 g/mol. The van der Waals surface area contributed by atoms with E-state index in [-0.39, 0.29) is 17.3 Å². The molecule has 0 aromatic heterocycles. The zero-order valence-corrected chi connectivity index (χ0v) is 14.6. The molecule has 0 fully saturated rings. The van der Waals surface area contributed by atoms with E-state index >= 15 is 0 Å². The maximum Gasteiger partial charge on any atom is 0.292 e. The third kappa shape index (κ3) is 3.94. The van der Waals surface area contributed by atoms with E-state index < -0.39 is 16.9 Å². The van der Waals surface area contributed by atoms with Crippen LogP contribution in [0, 0.1) is 10.1 Å². The number of para-hydroxylation sites is 2. The second-order valence-electron chi connectivity index (χ2n) is 5.68. The van der Waals surface area contributed by atoms with Crippen molar-refractivity contribution in [3.05, 3.63) is 52.6 Å². The number of thioether (sulfide) groups is 1. The van der Waals surface area contributed by atoms with E-state index in [2.05, 4.69) is 16.0 Å². The Balaban J connectivity index is 1.69. The zero-order valence-electron chi connectivity index (χ0n) is 13.8. The topological polar surface area (TPSA) is 113 Å². The van der Waals surface area contributed by atoms with Gasteiger partial charge in [0.15, 0.2) is 0 Å². The molecule has 3 rings (SSSR count). The van der Waals surface area contributed by atoms with E-state index in [0.717, 1.165) is 4.90 Å². The fraction of sp³-hybridized carbons (Fsp3) is 0.176. The number of hydrogen-bond acceptors (Lipinski definition) is 6. The lowest BCUT2D eigenvalue weighted by Gasteiger charge is -2.19. The Bertz CT molecular complexity index is 887. The van der Waals surface area contributed by atoms with Crippen LogP contribution in [0.2, 0.25) is 0 Å². The van der Waals surface area contributed by atoms with Crippen LogP contribution in [-0.2, 0) is 9.59 Å². The molecule has 0 bridgehead atoms. The van der Waals surface area contributed by atoms with E-state index in [9.17, 15) is 19.7 Å². The zero-order chi connectivity index (χ0) is 18.7. The summed E-state index contributed by atoms with van der Waals surface area (Å²) in [6, 6.07) is 10.8. The van der Waals surface area contributed by atoms with E-state index in [1.54, 1.807) is 19.1 Å². The number of hydrogen-bond donors (Lipinski definition) is 3. The average Bonchev–Trinajstić information content (AvgIpc) is 2.61. The molecule has 0 saturated carbocycles. The van der Waals surface area contributed by atoms with Crippen molar-refractivity contribution in [1.29, 1.82) is 0 Å². The highest BCUT2D eigenvalue weighted by Crippen LogP contribution is 2.33. The monoisotopic (exact) mass is 372 g/mol. The second-order valence-corrected chi connectivity index (χ2v) is 6.69. The molecule has 1 aliphatic heterocycles. The number of nitro groups is 1. The number of nitro benzene ring substituents is 1. The van der Waals surface area contributed by atoms with Gasteiger partial charge in [-0.2, -0.15) is 0 Å². The van der Waals surface area contributed by atoms with E-state index in [4.69, 9.17) is 0 Å². The lowest BCUT2D eigenvalue weighted by molar-refractivity contribution is -0.383. The standard InChI is InChI=1S/C17H16N4O4S/c1-10(17(23)20-12-4-2-3-5-14(12)21(24)25)18-11-6-7-15-13(8-11)19-16(22)9-26-15/h2-8,10,18H,9H2,1H3,(H,19,22)(H,20,23)/t10-/m0/s1. The van der Waals surface area contributed by atoms with Crippen molar-refractivity contribution in [3.63, 3.8) is 0 Å². The molecule has 2 aromatic carbocycles. The Morgan fingerprint density at radius 2 is 2.08 bits per heavy atom. The quantitative estimate of drug-likeness (QED) is 0.549. The van der Waals surface area contributed by atoms with Gasteiger partial charge in [0.25, 0.3) is 5.69 Å². The predicted octanol–water partition coefficient (Wildman–Crippen LogP) is 3.08. The van der Waals surface area contributed by atoms with Gasteiger partial charge in [-0.15, -0.1) is 11.8 Å². The summed E-state index contributed by atoms with van der Waals surface area (Å²) < 4.78 is 0. The number of amides is 2. The van der Waals surface area contributed by atoms with Gasteiger partial charge in [0.2, 0.25) is 11.8 Å². The molecule has 0 unspecified atom stereocenters. The number of benzene rings is 2. The van der Waals surface area contributed by atoms with Crippen molar-refractivity contribution in [2.24, 2.45) is 0 Å². The summed E-state index contributed by atoms with van der Waals surface area (Å²) in [5.41, 5.74) is 1.34. The van der Waals surface area contributed by atoms with Gasteiger partial charge < -0.3 is 16.0 Å². The summed E-state index contributed by atoms with van der Waals surface area (Å²) in [5.74, 6) is -0.0914. The van der Waals surface area contributed by atoms with Crippen LogP contribution in [0.5, 0.6) is 0 Å². The summed E-state index contributed by atoms with van der Waals surface area (Å²) in [7, 11) is 0. The number of nitrogens with zero attached hydrogens (tertiary/aromatic N) is 1. The van der Waals surface area contributed by atoms with Gasteiger partial charge in [0.1, 0.15) is 11.7 Å². The lowest BCUT2D eigenvalue weighted by atomic mass is 10.2. The molecule has 2 aromatic rings. The second kappa shape index (κ2) is 7.44. The Labute approximate surface area is 153 Å². The largest absolute Gasteiger partial charge is 0.374 e. The highest BCUT2D eigenvalue weighted by molar-refractivity contribution is 8.00. The summed E-state index contributed by atoms with van der Waals surface area (Å²) in [4.78, 5) is 35.3. The van der Waals surface area contributed by atoms with Gasteiger partial charge in [0.05, 0.1) is 16.4 Å². The molecule has 1 atom stereocenters. The Hall–Kier alpha value is -3.07. The van der Waals surface area contributed by atoms with Crippen LogP contribution in [0.1, 0.15) is 6.92 Å². The number of fused-ring (bicyclic) bond motifs is 1. The molecule has 134 valence electrons. The first-order valence-corrected chi connectivity index (χ1v) is 8.80. The lowest BCUT2D eigenvalue weighted by Crippen LogP contribution is -2.32. The molecule has 1 heterocycles. The fourth-order valence-electron chi connectivity index (χ4n) is 2.47. The first-order valence-electron chi connectivity index (χ1n) is 7.81. The number of nitrogens with one attached hydrogen (secondary N) is 3. The van der Waals surface area contributed by atoms with Crippen molar-refractivity contribution in [3.8, 4) is 0 Å². The Kier molecular flexibility index (Phi) is 5.08. The van der Waals surface area contributed by atoms with Crippen LogP contribution in [0.3, 0.4) is 0 Å². The summed E-state index contributed by atoms with van der Waals surface area (Å²) >= 11 is 1.45. The van der Waals surface area contributed by atoms with E-state index in [1.165, 1.54) is 30.0 Å². The molecule has 2 amide bonds. The molecule has 1 aliphatic rings. The van der Waals surface area contributed by atoms with Gasteiger partial charge in [-0.25, -0.2) is 0 Å². The maximum atomic E-state index is 12.4. The first-order chi connectivity index (χ1) is 12.4. The van der Waals surface area contributed by atoms with Gasteiger partial charge >= 0.3 is 0 Å². The van der Waals surface area contributed by atoms with Crippen LogP contribution in [-0.4, -0.2) is 28.5 Å². The third-order valence-corrected chi connectivity index (χ3v) is 4.82. The van der Waals surface area contributed by atoms with Crippen molar-refractivity contribution >= 4 is 46.3 Å². The molecular formula is C17H16N4O4S. The number of rotatable bonds is 5. The summed E-state index contributed by atoms with van der Waals surface area (Å²) in [5, 5.41) is 19.4. The van der Waals surface area contributed by atoms with Crippen LogP contribution >= 0.6 is 11.8 Å². The molecule has 26 heavy (non-hydrogen) atoms. The normalized spacial score (nSPS) is 14.0. The molecule has 0 aliphatic carbocycles. The van der Waals surface area contributed by atoms with Crippen molar-refractivity contribution in [1.82, 2.24) is 0 Å². The molecule has 0 spiro atoms. The smallest absolute Gasteiger partial charge is 0.292 e. The third-order valence-electron chi connectivity index (χ3n) is 3.75. The van der Waals surface area contributed by atoms with Crippen LogP contribution < -0.4 is 16.0 Å². The number of carbonyl (C=O) groups excluding carboxylic acids is 2. The number of carbonyl (C=O) groups is 2. The molecule has 0 radical (unpaired) electrons. The van der Waals surface area contributed by atoms with Crippen molar-refractivity contribution < 1.29 is 14.5 Å². The summed E-state index contributed by atoms with van der Waals surface area (Å²) in [6.07, 6.45) is 0. The van der Waals surface area contributed by atoms with Crippen LogP contribution in [0.25, 0.3) is 0 Å². The molecule has 9 heteroatoms. The Morgan fingerprint density at radius 1 is 1.31 bits per heavy atom. The van der Waals surface area contributed by atoms with E-state index in [1.807, 2.05) is 12.1 Å². The minimum absolute atomic E-state index is 0.0678. The highest BCUT2D eigenvalue weighted by atomic mass is 32.2. The van der Waals surface area contributed by atoms with Crippen molar-refractivity contribution in [2.45, 2.75) is 17.9 Å². The minimum atomic E-state index is -0.639.